The maximum atomic E-state index is 14.2. The van der Waals surface area contributed by atoms with E-state index in [-0.39, 0.29) is 11.5 Å². The Morgan fingerprint density at radius 2 is 1.14 bits per heavy atom. The van der Waals surface area contributed by atoms with E-state index in [0.29, 0.717) is 11.1 Å². The molecule has 7 heteroatoms. The Bertz CT molecular complexity index is 1430. The van der Waals surface area contributed by atoms with Crippen molar-refractivity contribution >= 4 is 34.4 Å². The van der Waals surface area contributed by atoms with Crippen LogP contribution in [0.5, 0.6) is 0 Å². The lowest BCUT2D eigenvalue weighted by Crippen LogP contribution is -2.40. The zero-order valence-electron chi connectivity index (χ0n) is 20.0. The van der Waals surface area contributed by atoms with Crippen LogP contribution in [0.4, 0.5) is 18.9 Å². The van der Waals surface area contributed by atoms with Gasteiger partial charge in [0.15, 0.2) is 5.78 Å². The number of Topliss-reactive ketones (excluding diaryl/α,β-unsaturated/α-hetero) is 1. The van der Waals surface area contributed by atoms with E-state index in [9.17, 15) is 27.6 Å². The lowest BCUT2D eigenvalue weighted by atomic mass is 9.63. The number of imide groups is 1. The SMILES string of the molecule is C[C@]12C(=O)[C@](C)(C(c3ccccc3)=C1c1ccccc1)[C@@H]1C(=O)N(c3cccc(C(F)(F)F)c3)C(=O)[C@H]12. The average Bonchev–Trinajstić information content (AvgIpc) is 3.34. The summed E-state index contributed by atoms with van der Waals surface area (Å²) in [5.74, 6) is -3.54. The first-order valence-electron chi connectivity index (χ1n) is 12.0. The summed E-state index contributed by atoms with van der Waals surface area (Å²) < 4.78 is 40.3. The van der Waals surface area contributed by atoms with Crippen molar-refractivity contribution in [3.63, 3.8) is 0 Å². The molecular weight excluding hydrogens is 479 g/mol. The van der Waals surface area contributed by atoms with Crippen LogP contribution < -0.4 is 4.90 Å². The van der Waals surface area contributed by atoms with Crippen LogP contribution in [0.15, 0.2) is 84.9 Å². The van der Waals surface area contributed by atoms with Crippen molar-refractivity contribution in [2.24, 2.45) is 22.7 Å². The van der Waals surface area contributed by atoms with E-state index in [2.05, 4.69) is 0 Å². The number of nitrogens with zero attached hydrogens (tertiary/aromatic N) is 1. The molecule has 3 aromatic rings. The minimum Gasteiger partial charge on any atom is -0.298 e. The highest BCUT2D eigenvalue weighted by atomic mass is 19.4. The number of anilines is 1. The fourth-order valence-electron chi connectivity index (χ4n) is 6.89. The minimum absolute atomic E-state index is 0.138. The van der Waals surface area contributed by atoms with Gasteiger partial charge in [-0.15, -0.1) is 0 Å². The van der Waals surface area contributed by atoms with Crippen molar-refractivity contribution in [2.75, 3.05) is 4.90 Å². The molecule has 0 spiro atoms. The van der Waals surface area contributed by atoms with Gasteiger partial charge in [-0.3, -0.25) is 14.4 Å². The molecule has 4 nitrogen and oxygen atoms in total. The molecule has 3 aromatic carbocycles. The molecule has 3 aliphatic rings. The van der Waals surface area contributed by atoms with E-state index in [1.165, 1.54) is 12.1 Å². The number of carbonyl (C=O) groups is 3. The fourth-order valence-corrected chi connectivity index (χ4v) is 6.89. The number of allylic oxidation sites excluding steroid dienone is 2. The monoisotopic (exact) mass is 501 g/mol. The topological polar surface area (TPSA) is 54.5 Å². The van der Waals surface area contributed by atoms with Crippen LogP contribution >= 0.6 is 0 Å². The molecule has 2 amide bonds. The zero-order valence-corrected chi connectivity index (χ0v) is 20.0. The highest BCUT2D eigenvalue weighted by Gasteiger charge is 2.78. The van der Waals surface area contributed by atoms with Gasteiger partial charge in [0.25, 0.3) is 0 Å². The predicted octanol–water partition coefficient (Wildman–Crippen LogP) is 6.03. The van der Waals surface area contributed by atoms with Crippen molar-refractivity contribution in [1.29, 1.82) is 0 Å². The van der Waals surface area contributed by atoms with E-state index in [1.54, 1.807) is 13.8 Å². The van der Waals surface area contributed by atoms with Crippen LogP contribution in [0, 0.1) is 22.7 Å². The number of hydrogen-bond acceptors (Lipinski definition) is 3. The number of amides is 2. The predicted molar refractivity (Wildman–Crippen MR) is 132 cm³/mol. The third-order valence-electron chi connectivity index (χ3n) is 8.34. The highest BCUT2D eigenvalue weighted by molar-refractivity contribution is 6.34. The summed E-state index contributed by atoms with van der Waals surface area (Å²) in [5, 5.41) is 0. The average molecular weight is 502 g/mol. The van der Waals surface area contributed by atoms with Crippen LogP contribution in [-0.2, 0) is 20.6 Å². The van der Waals surface area contributed by atoms with Crippen molar-refractivity contribution in [1.82, 2.24) is 0 Å². The van der Waals surface area contributed by atoms with E-state index >= 15 is 0 Å². The number of alkyl halides is 3. The number of benzene rings is 3. The molecule has 0 radical (unpaired) electrons. The third-order valence-corrected chi connectivity index (χ3v) is 8.34. The first-order chi connectivity index (χ1) is 17.5. The summed E-state index contributed by atoms with van der Waals surface area (Å²) in [5.41, 5.74) is -0.799. The van der Waals surface area contributed by atoms with Crippen LogP contribution in [0.1, 0.15) is 30.5 Å². The molecule has 2 fully saturated rings. The van der Waals surface area contributed by atoms with Crippen LogP contribution in [-0.4, -0.2) is 17.6 Å². The summed E-state index contributed by atoms with van der Waals surface area (Å²) in [4.78, 5) is 42.9. The van der Waals surface area contributed by atoms with Crippen molar-refractivity contribution < 1.29 is 27.6 Å². The molecular formula is C30H22F3NO3. The Kier molecular flexibility index (Phi) is 4.75. The van der Waals surface area contributed by atoms with Crippen LogP contribution in [0.3, 0.4) is 0 Å². The normalized spacial score (nSPS) is 28.9. The lowest BCUT2D eigenvalue weighted by Gasteiger charge is -2.35. The van der Waals surface area contributed by atoms with Gasteiger partial charge < -0.3 is 0 Å². The molecule has 1 heterocycles. The number of rotatable bonds is 3. The molecule has 6 rings (SSSR count). The number of halogens is 3. The number of fused-ring (bicyclic) bond motifs is 5. The van der Waals surface area contributed by atoms with E-state index in [0.717, 1.165) is 28.2 Å². The van der Waals surface area contributed by atoms with Crippen molar-refractivity contribution in [3.05, 3.63) is 102 Å². The second kappa shape index (κ2) is 7.51. The number of hydrogen-bond donors (Lipinski definition) is 0. The molecule has 0 aromatic heterocycles. The molecule has 1 saturated carbocycles. The van der Waals surface area contributed by atoms with Crippen molar-refractivity contribution in [2.45, 2.75) is 20.0 Å². The van der Waals surface area contributed by atoms with E-state index < -0.39 is 46.2 Å². The van der Waals surface area contributed by atoms with E-state index in [1.807, 2.05) is 60.7 Å². The maximum absolute atomic E-state index is 14.2. The molecule has 4 atom stereocenters. The van der Waals surface area contributed by atoms with Crippen LogP contribution in [0.25, 0.3) is 11.1 Å². The molecule has 0 N–H and O–H groups in total. The van der Waals surface area contributed by atoms with Crippen LogP contribution in [0.2, 0.25) is 0 Å². The van der Waals surface area contributed by atoms with Crippen molar-refractivity contribution in [3.8, 4) is 0 Å². The Morgan fingerprint density at radius 3 is 1.57 bits per heavy atom. The first kappa shape index (κ1) is 23.4. The van der Waals surface area contributed by atoms with E-state index in [4.69, 9.17) is 0 Å². The van der Waals surface area contributed by atoms with Gasteiger partial charge in [0.1, 0.15) is 0 Å². The number of ketones is 1. The smallest absolute Gasteiger partial charge is 0.298 e. The lowest BCUT2D eigenvalue weighted by molar-refractivity contribution is -0.137. The molecule has 37 heavy (non-hydrogen) atoms. The maximum Gasteiger partial charge on any atom is 0.416 e. The molecule has 2 aliphatic carbocycles. The summed E-state index contributed by atoms with van der Waals surface area (Å²) in [7, 11) is 0. The second-order valence-electron chi connectivity index (χ2n) is 10.2. The second-order valence-corrected chi connectivity index (χ2v) is 10.2. The number of carbonyl (C=O) groups excluding carboxylic acids is 3. The van der Waals surface area contributed by atoms with Gasteiger partial charge in [-0.25, -0.2) is 4.90 Å². The standard InChI is InChI=1S/C30H22F3NO3/c1-28-21(17-10-5-3-6-11-17)22(18-12-7-4-8-13-18)29(2,27(28)37)24-23(28)25(35)34(26(24)36)20-15-9-14-19(16-20)30(31,32)33/h3-16,23-24H,1-2H3/t23-,24-,28-,29+/m0/s1. The molecule has 186 valence electrons. The van der Waals surface area contributed by atoms with Gasteiger partial charge >= 0.3 is 6.18 Å². The Morgan fingerprint density at radius 1 is 0.676 bits per heavy atom. The summed E-state index contributed by atoms with van der Waals surface area (Å²) in [6.07, 6.45) is -4.63. The van der Waals surface area contributed by atoms with Gasteiger partial charge in [0.2, 0.25) is 11.8 Å². The van der Waals surface area contributed by atoms with Gasteiger partial charge in [0, 0.05) is 0 Å². The zero-order chi connectivity index (χ0) is 26.3. The van der Waals surface area contributed by atoms with Gasteiger partial charge in [0.05, 0.1) is 33.9 Å². The third kappa shape index (κ3) is 2.88. The fraction of sp³-hybridized carbons (Fsp3) is 0.233. The van der Waals surface area contributed by atoms with Gasteiger partial charge in [-0.05, 0) is 54.3 Å². The summed E-state index contributed by atoms with van der Waals surface area (Å²) in [6, 6.07) is 22.8. The highest BCUT2D eigenvalue weighted by Crippen LogP contribution is 2.73. The minimum atomic E-state index is -4.63. The molecule has 2 bridgehead atoms. The molecule has 0 unspecified atom stereocenters. The summed E-state index contributed by atoms with van der Waals surface area (Å²) in [6.45, 7) is 3.41. The summed E-state index contributed by atoms with van der Waals surface area (Å²) >= 11 is 0. The van der Waals surface area contributed by atoms with Gasteiger partial charge in [-0.2, -0.15) is 13.2 Å². The van der Waals surface area contributed by atoms with Gasteiger partial charge in [-0.1, -0.05) is 66.7 Å². The first-order valence-corrected chi connectivity index (χ1v) is 12.0. The Labute approximate surface area is 211 Å². The Hall–Kier alpha value is -4.00. The molecule has 1 aliphatic heterocycles. The molecule has 1 saturated heterocycles. The Balaban J connectivity index is 1.58. The largest absolute Gasteiger partial charge is 0.416 e. The quantitative estimate of drug-likeness (QED) is 0.412.